The number of primary amides is 1. The van der Waals surface area contributed by atoms with E-state index in [2.05, 4.69) is 38.2 Å². The van der Waals surface area contributed by atoms with Crippen LogP contribution in [0.3, 0.4) is 0 Å². The van der Waals surface area contributed by atoms with Gasteiger partial charge in [-0.2, -0.15) is 0 Å². The van der Waals surface area contributed by atoms with Crippen LogP contribution < -0.4 is 11.1 Å². The third-order valence-electron chi connectivity index (χ3n) is 3.60. The smallest absolute Gasteiger partial charge is 0.248 e. The van der Waals surface area contributed by atoms with Crippen LogP contribution in [0.25, 0.3) is 0 Å². The summed E-state index contributed by atoms with van der Waals surface area (Å²) in [7, 11) is 0. The number of aryl methyl sites for hydroxylation is 3. The van der Waals surface area contributed by atoms with E-state index in [-0.39, 0.29) is 0 Å². The highest BCUT2D eigenvalue weighted by Crippen LogP contribution is 2.17. The first kappa shape index (κ1) is 14.1. The minimum absolute atomic E-state index is 0.401. The van der Waals surface area contributed by atoms with Gasteiger partial charge in [0.2, 0.25) is 5.91 Å². The van der Waals surface area contributed by atoms with Crippen LogP contribution in [-0.4, -0.2) is 5.91 Å². The van der Waals surface area contributed by atoms with E-state index in [4.69, 9.17) is 5.73 Å². The lowest BCUT2D eigenvalue weighted by atomic mass is 10.0. The molecule has 3 heteroatoms. The van der Waals surface area contributed by atoms with Crippen LogP contribution in [0.1, 0.15) is 32.6 Å². The Kier molecular flexibility index (Phi) is 4.08. The molecule has 0 fully saturated rings. The van der Waals surface area contributed by atoms with Crippen molar-refractivity contribution < 1.29 is 4.79 Å². The number of anilines is 1. The number of hydrogen-bond acceptors (Lipinski definition) is 2. The average molecular weight is 268 g/mol. The molecular weight excluding hydrogens is 248 g/mol. The Morgan fingerprint density at radius 3 is 2.20 bits per heavy atom. The van der Waals surface area contributed by atoms with Gasteiger partial charge in [0.1, 0.15) is 0 Å². The third-order valence-corrected chi connectivity index (χ3v) is 3.60. The van der Waals surface area contributed by atoms with Gasteiger partial charge in [0.25, 0.3) is 0 Å². The Morgan fingerprint density at radius 1 is 1.00 bits per heavy atom. The molecule has 2 aromatic rings. The molecule has 3 N–H and O–H groups in total. The van der Waals surface area contributed by atoms with Crippen LogP contribution in [0.5, 0.6) is 0 Å². The molecule has 0 aromatic heterocycles. The zero-order valence-corrected chi connectivity index (χ0v) is 12.2. The molecule has 0 aliphatic carbocycles. The van der Waals surface area contributed by atoms with Crippen molar-refractivity contribution in [1.82, 2.24) is 0 Å². The monoisotopic (exact) mass is 268 g/mol. The Morgan fingerprint density at radius 2 is 1.60 bits per heavy atom. The van der Waals surface area contributed by atoms with Crippen LogP contribution in [0.2, 0.25) is 0 Å². The topological polar surface area (TPSA) is 55.1 Å². The van der Waals surface area contributed by atoms with Crippen molar-refractivity contribution in [2.75, 3.05) is 5.32 Å². The second-order valence-corrected chi connectivity index (χ2v) is 5.16. The zero-order chi connectivity index (χ0) is 14.7. The van der Waals surface area contributed by atoms with Crippen LogP contribution in [-0.2, 0) is 6.54 Å². The minimum atomic E-state index is -0.401. The van der Waals surface area contributed by atoms with Gasteiger partial charge in [0, 0.05) is 17.8 Å². The molecule has 0 saturated carbocycles. The van der Waals surface area contributed by atoms with Gasteiger partial charge in [0.05, 0.1) is 0 Å². The Labute approximate surface area is 119 Å². The molecule has 3 nitrogen and oxygen atoms in total. The van der Waals surface area contributed by atoms with E-state index in [0.29, 0.717) is 5.56 Å². The first-order chi connectivity index (χ1) is 9.47. The maximum absolute atomic E-state index is 11.0. The largest absolute Gasteiger partial charge is 0.381 e. The van der Waals surface area contributed by atoms with Crippen molar-refractivity contribution in [2.24, 2.45) is 5.73 Å². The van der Waals surface area contributed by atoms with E-state index in [1.165, 1.54) is 22.3 Å². The van der Waals surface area contributed by atoms with E-state index in [1.807, 2.05) is 12.1 Å². The normalized spacial score (nSPS) is 10.3. The number of benzene rings is 2. The van der Waals surface area contributed by atoms with Gasteiger partial charge in [-0.25, -0.2) is 0 Å². The molecule has 20 heavy (non-hydrogen) atoms. The highest BCUT2D eigenvalue weighted by molar-refractivity contribution is 5.93. The quantitative estimate of drug-likeness (QED) is 0.893. The standard InChI is InChI=1S/C17H20N2O/c1-11-8-13(3)15(9-12(11)2)10-19-16-6-4-14(5-7-16)17(18)20/h4-9,19H,10H2,1-3H3,(H2,18,20). The lowest BCUT2D eigenvalue weighted by Gasteiger charge is -2.12. The molecule has 0 aliphatic heterocycles. The summed E-state index contributed by atoms with van der Waals surface area (Å²) in [6, 6.07) is 11.6. The molecule has 0 saturated heterocycles. The van der Waals surface area contributed by atoms with Crippen molar-refractivity contribution in [1.29, 1.82) is 0 Å². The SMILES string of the molecule is Cc1cc(C)c(CNc2ccc(C(N)=O)cc2)cc1C. The van der Waals surface area contributed by atoms with Crippen molar-refractivity contribution in [3.05, 3.63) is 64.2 Å². The molecule has 0 unspecified atom stereocenters. The summed E-state index contributed by atoms with van der Waals surface area (Å²) in [6.45, 7) is 7.14. The highest BCUT2D eigenvalue weighted by Gasteiger charge is 2.03. The maximum atomic E-state index is 11.0. The Bertz CT molecular complexity index is 630. The first-order valence-corrected chi connectivity index (χ1v) is 6.68. The fourth-order valence-corrected chi connectivity index (χ4v) is 2.16. The van der Waals surface area contributed by atoms with Crippen molar-refractivity contribution >= 4 is 11.6 Å². The second-order valence-electron chi connectivity index (χ2n) is 5.16. The number of nitrogens with one attached hydrogen (secondary N) is 1. The third kappa shape index (κ3) is 3.18. The molecule has 0 spiro atoms. The predicted molar refractivity (Wildman–Crippen MR) is 82.9 cm³/mol. The Balaban J connectivity index is 2.09. The summed E-state index contributed by atoms with van der Waals surface area (Å²) in [6.07, 6.45) is 0. The summed E-state index contributed by atoms with van der Waals surface area (Å²) in [5.74, 6) is -0.401. The molecule has 0 heterocycles. The van der Waals surface area contributed by atoms with Gasteiger partial charge in [-0.3, -0.25) is 4.79 Å². The molecule has 1 amide bonds. The molecule has 2 aromatic carbocycles. The number of hydrogen-bond donors (Lipinski definition) is 2. The van der Waals surface area contributed by atoms with Crippen LogP contribution in [0.15, 0.2) is 36.4 Å². The van der Waals surface area contributed by atoms with E-state index in [9.17, 15) is 4.79 Å². The van der Waals surface area contributed by atoms with Gasteiger partial charge in [-0.05, 0) is 67.3 Å². The van der Waals surface area contributed by atoms with Gasteiger partial charge < -0.3 is 11.1 Å². The summed E-state index contributed by atoms with van der Waals surface area (Å²) < 4.78 is 0. The number of carbonyl (C=O) groups excluding carboxylic acids is 1. The number of rotatable bonds is 4. The van der Waals surface area contributed by atoms with E-state index >= 15 is 0 Å². The fourth-order valence-electron chi connectivity index (χ4n) is 2.16. The molecule has 0 radical (unpaired) electrons. The molecule has 104 valence electrons. The number of carbonyl (C=O) groups is 1. The average Bonchev–Trinajstić information content (AvgIpc) is 2.42. The lowest BCUT2D eigenvalue weighted by Crippen LogP contribution is -2.10. The molecule has 0 bridgehead atoms. The zero-order valence-electron chi connectivity index (χ0n) is 12.2. The lowest BCUT2D eigenvalue weighted by molar-refractivity contribution is 0.100. The van der Waals surface area contributed by atoms with Gasteiger partial charge >= 0.3 is 0 Å². The van der Waals surface area contributed by atoms with Crippen molar-refractivity contribution in [3.8, 4) is 0 Å². The van der Waals surface area contributed by atoms with Crippen molar-refractivity contribution in [3.63, 3.8) is 0 Å². The highest BCUT2D eigenvalue weighted by atomic mass is 16.1. The molecule has 0 aliphatic rings. The van der Waals surface area contributed by atoms with Crippen LogP contribution in [0, 0.1) is 20.8 Å². The fraction of sp³-hybridized carbons (Fsp3) is 0.235. The second kappa shape index (κ2) is 5.78. The van der Waals surface area contributed by atoms with Gasteiger partial charge in [-0.15, -0.1) is 0 Å². The summed E-state index contributed by atoms with van der Waals surface area (Å²) in [5, 5.41) is 3.36. The molecular formula is C17H20N2O. The van der Waals surface area contributed by atoms with Crippen LogP contribution in [0.4, 0.5) is 5.69 Å². The minimum Gasteiger partial charge on any atom is -0.381 e. The molecule has 0 atom stereocenters. The van der Waals surface area contributed by atoms with Crippen molar-refractivity contribution in [2.45, 2.75) is 27.3 Å². The summed E-state index contributed by atoms with van der Waals surface area (Å²) in [5.41, 5.74) is 11.9. The first-order valence-electron chi connectivity index (χ1n) is 6.68. The number of amides is 1. The Hall–Kier alpha value is -2.29. The summed E-state index contributed by atoms with van der Waals surface area (Å²) in [4.78, 5) is 11.0. The maximum Gasteiger partial charge on any atom is 0.248 e. The van der Waals surface area contributed by atoms with Gasteiger partial charge in [0.15, 0.2) is 0 Å². The van der Waals surface area contributed by atoms with E-state index < -0.39 is 5.91 Å². The summed E-state index contributed by atoms with van der Waals surface area (Å²) >= 11 is 0. The van der Waals surface area contributed by atoms with Gasteiger partial charge in [-0.1, -0.05) is 12.1 Å². The predicted octanol–water partition coefficient (Wildman–Crippen LogP) is 3.32. The number of nitrogens with two attached hydrogens (primary N) is 1. The molecule has 2 rings (SSSR count). The van der Waals surface area contributed by atoms with E-state index in [1.54, 1.807) is 12.1 Å². The van der Waals surface area contributed by atoms with E-state index in [0.717, 1.165) is 12.2 Å². The van der Waals surface area contributed by atoms with Crippen LogP contribution >= 0.6 is 0 Å².